The minimum atomic E-state index is -0.127. The summed E-state index contributed by atoms with van der Waals surface area (Å²) in [6, 6.07) is 8.03. The van der Waals surface area contributed by atoms with E-state index in [1.54, 1.807) is 25.3 Å². The number of aromatic hydroxyl groups is 2. The molecule has 0 radical (unpaired) electrons. The molecule has 4 nitrogen and oxygen atoms in total. The van der Waals surface area contributed by atoms with Crippen molar-refractivity contribution in [2.75, 3.05) is 12.4 Å². The van der Waals surface area contributed by atoms with Crippen LogP contribution >= 0.6 is 11.6 Å². The minimum Gasteiger partial charge on any atom is -0.508 e. The lowest BCUT2D eigenvalue weighted by molar-refractivity contribution is 0.416. The van der Waals surface area contributed by atoms with Crippen molar-refractivity contribution in [3.8, 4) is 17.2 Å². The fraction of sp³-hybridized carbons (Fsp3) is 0.250. The van der Waals surface area contributed by atoms with E-state index in [0.717, 1.165) is 16.8 Å². The van der Waals surface area contributed by atoms with Gasteiger partial charge in [-0.25, -0.2) is 0 Å². The Morgan fingerprint density at radius 2 is 1.71 bits per heavy atom. The summed E-state index contributed by atoms with van der Waals surface area (Å²) in [6.45, 7) is 3.84. The van der Waals surface area contributed by atoms with Gasteiger partial charge in [-0.15, -0.1) is 0 Å². The maximum atomic E-state index is 9.56. The number of hydrogen-bond donors (Lipinski definition) is 3. The summed E-state index contributed by atoms with van der Waals surface area (Å²) in [5.41, 5.74) is 2.50. The van der Waals surface area contributed by atoms with Gasteiger partial charge in [-0.05, 0) is 43.2 Å². The Labute approximate surface area is 129 Å². The predicted octanol–water partition coefficient (Wildman–Crippen LogP) is 4.24. The molecule has 2 aromatic carbocycles. The maximum Gasteiger partial charge on any atom is 0.143 e. The Morgan fingerprint density at radius 1 is 1.10 bits per heavy atom. The summed E-state index contributed by atoms with van der Waals surface area (Å²) in [7, 11) is 1.58. The summed E-state index contributed by atoms with van der Waals surface area (Å²) >= 11 is 6.09. The van der Waals surface area contributed by atoms with Crippen molar-refractivity contribution < 1.29 is 14.9 Å². The Hall–Kier alpha value is -2.07. The standard InChI is InChI=1S/C16H18ClNO3/c1-9-4-15(16(21-3)8-14(9)17)18-10(2)11-5-12(19)7-13(20)6-11/h4-8,10,18-20H,1-3H3. The molecule has 0 aromatic heterocycles. The van der Waals surface area contributed by atoms with E-state index >= 15 is 0 Å². The molecule has 112 valence electrons. The monoisotopic (exact) mass is 307 g/mol. The smallest absolute Gasteiger partial charge is 0.143 e. The lowest BCUT2D eigenvalue weighted by Crippen LogP contribution is -2.08. The average molecular weight is 308 g/mol. The number of methoxy groups -OCH3 is 1. The SMILES string of the molecule is COc1cc(Cl)c(C)cc1NC(C)c1cc(O)cc(O)c1. The first-order valence-electron chi connectivity index (χ1n) is 6.54. The third kappa shape index (κ3) is 3.52. The van der Waals surface area contributed by atoms with E-state index < -0.39 is 0 Å². The van der Waals surface area contributed by atoms with Crippen LogP contribution in [0, 0.1) is 6.92 Å². The highest BCUT2D eigenvalue weighted by Crippen LogP contribution is 2.34. The highest BCUT2D eigenvalue weighted by atomic mass is 35.5. The van der Waals surface area contributed by atoms with E-state index in [-0.39, 0.29) is 17.5 Å². The molecule has 0 aliphatic rings. The number of benzene rings is 2. The second kappa shape index (κ2) is 6.14. The summed E-state index contributed by atoms with van der Waals surface area (Å²) in [4.78, 5) is 0. The fourth-order valence-corrected chi connectivity index (χ4v) is 2.28. The normalized spacial score (nSPS) is 12.0. The molecule has 0 aliphatic carbocycles. The molecule has 21 heavy (non-hydrogen) atoms. The fourth-order valence-electron chi connectivity index (χ4n) is 2.13. The number of hydrogen-bond acceptors (Lipinski definition) is 4. The first-order valence-corrected chi connectivity index (χ1v) is 6.92. The van der Waals surface area contributed by atoms with Crippen LogP contribution < -0.4 is 10.1 Å². The molecule has 0 saturated heterocycles. The molecular weight excluding hydrogens is 290 g/mol. The van der Waals surface area contributed by atoms with Crippen LogP contribution in [0.2, 0.25) is 5.02 Å². The molecule has 2 aromatic rings. The van der Waals surface area contributed by atoms with Crippen LogP contribution in [0.15, 0.2) is 30.3 Å². The van der Waals surface area contributed by atoms with Gasteiger partial charge in [0.1, 0.15) is 17.2 Å². The van der Waals surface area contributed by atoms with Crippen molar-refractivity contribution in [3.63, 3.8) is 0 Å². The van der Waals surface area contributed by atoms with Gasteiger partial charge in [0.15, 0.2) is 0 Å². The average Bonchev–Trinajstić information content (AvgIpc) is 2.41. The first kappa shape index (κ1) is 15.3. The van der Waals surface area contributed by atoms with Crippen molar-refractivity contribution >= 4 is 17.3 Å². The molecule has 0 spiro atoms. The van der Waals surface area contributed by atoms with Crippen LogP contribution in [-0.2, 0) is 0 Å². The summed E-state index contributed by atoms with van der Waals surface area (Å²) in [5, 5.41) is 23.1. The molecule has 1 unspecified atom stereocenters. The molecule has 0 bridgehead atoms. The van der Waals surface area contributed by atoms with E-state index in [9.17, 15) is 10.2 Å². The molecule has 0 fully saturated rings. The van der Waals surface area contributed by atoms with Gasteiger partial charge in [0.05, 0.1) is 12.8 Å². The van der Waals surface area contributed by atoms with Gasteiger partial charge in [-0.2, -0.15) is 0 Å². The number of nitrogens with one attached hydrogen (secondary N) is 1. The van der Waals surface area contributed by atoms with Crippen LogP contribution in [0.4, 0.5) is 5.69 Å². The second-order valence-corrected chi connectivity index (χ2v) is 5.36. The molecule has 1 atom stereocenters. The zero-order chi connectivity index (χ0) is 15.6. The summed E-state index contributed by atoms with van der Waals surface area (Å²) in [6.07, 6.45) is 0. The molecular formula is C16H18ClNO3. The van der Waals surface area contributed by atoms with Gasteiger partial charge in [-0.3, -0.25) is 0 Å². The van der Waals surface area contributed by atoms with Crippen LogP contribution in [0.25, 0.3) is 0 Å². The van der Waals surface area contributed by atoms with Gasteiger partial charge in [0.25, 0.3) is 0 Å². The Kier molecular flexibility index (Phi) is 4.48. The Bertz CT molecular complexity index is 638. The van der Waals surface area contributed by atoms with Gasteiger partial charge in [0.2, 0.25) is 0 Å². The molecule has 0 amide bonds. The second-order valence-electron chi connectivity index (χ2n) is 4.95. The van der Waals surface area contributed by atoms with Gasteiger partial charge >= 0.3 is 0 Å². The summed E-state index contributed by atoms with van der Waals surface area (Å²) < 4.78 is 5.32. The van der Waals surface area contributed by atoms with Crippen LogP contribution in [0.1, 0.15) is 24.1 Å². The summed E-state index contributed by atoms with van der Waals surface area (Å²) in [5.74, 6) is 0.692. The van der Waals surface area contributed by atoms with E-state index in [2.05, 4.69) is 5.32 Å². The van der Waals surface area contributed by atoms with Crippen LogP contribution in [-0.4, -0.2) is 17.3 Å². The third-order valence-corrected chi connectivity index (χ3v) is 3.68. The van der Waals surface area contributed by atoms with Gasteiger partial charge in [-0.1, -0.05) is 11.6 Å². The Balaban J connectivity index is 2.30. The highest BCUT2D eigenvalue weighted by Gasteiger charge is 2.12. The number of anilines is 1. The molecule has 0 aliphatic heterocycles. The van der Waals surface area contributed by atoms with E-state index in [1.807, 2.05) is 19.9 Å². The quantitative estimate of drug-likeness (QED) is 0.790. The van der Waals surface area contributed by atoms with Crippen molar-refractivity contribution in [3.05, 3.63) is 46.5 Å². The zero-order valence-corrected chi connectivity index (χ0v) is 12.9. The highest BCUT2D eigenvalue weighted by molar-refractivity contribution is 6.31. The number of phenols is 2. The number of phenolic OH excluding ortho intramolecular Hbond substituents is 2. The first-order chi connectivity index (χ1) is 9.90. The van der Waals surface area contributed by atoms with E-state index in [0.29, 0.717) is 10.8 Å². The van der Waals surface area contributed by atoms with Crippen LogP contribution in [0.3, 0.4) is 0 Å². The number of rotatable bonds is 4. The zero-order valence-electron chi connectivity index (χ0n) is 12.1. The predicted molar refractivity (Wildman–Crippen MR) is 84.6 cm³/mol. The lowest BCUT2D eigenvalue weighted by Gasteiger charge is -2.19. The number of ether oxygens (including phenoxy) is 1. The Morgan fingerprint density at radius 3 is 2.29 bits per heavy atom. The number of aryl methyl sites for hydroxylation is 1. The van der Waals surface area contributed by atoms with Gasteiger partial charge < -0.3 is 20.3 Å². The molecule has 5 heteroatoms. The topological polar surface area (TPSA) is 61.7 Å². The maximum absolute atomic E-state index is 9.56. The van der Waals surface area contributed by atoms with E-state index in [4.69, 9.17) is 16.3 Å². The molecule has 2 rings (SSSR count). The van der Waals surface area contributed by atoms with Crippen molar-refractivity contribution in [2.24, 2.45) is 0 Å². The largest absolute Gasteiger partial charge is 0.508 e. The minimum absolute atomic E-state index is 0.0258. The van der Waals surface area contributed by atoms with Gasteiger partial charge in [0, 0.05) is 23.2 Å². The van der Waals surface area contributed by atoms with Crippen LogP contribution in [0.5, 0.6) is 17.2 Å². The number of halogens is 1. The van der Waals surface area contributed by atoms with Crippen molar-refractivity contribution in [1.82, 2.24) is 0 Å². The third-order valence-electron chi connectivity index (χ3n) is 3.28. The van der Waals surface area contributed by atoms with Crippen molar-refractivity contribution in [1.29, 1.82) is 0 Å². The van der Waals surface area contributed by atoms with E-state index in [1.165, 1.54) is 6.07 Å². The van der Waals surface area contributed by atoms with Crippen molar-refractivity contribution in [2.45, 2.75) is 19.9 Å². The lowest BCUT2D eigenvalue weighted by atomic mass is 10.1. The molecule has 0 heterocycles. The molecule has 0 saturated carbocycles. The molecule has 3 N–H and O–H groups in total.